The number of hydrogen-bond acceptors (Lipinski definition) is 3. The Kier molecular flexibility index (Phi) is 6.27. The van der Waals surface area contributed by atoms with Crippen LogP contribution < -0.4 is 0 Å². The van der Waals surface area contributed by atoms with Gasteiger partial charge in [-0.1, -0.05) is 43.3 Å². The van der Waals surface area contributed by atoms with Gasteiger partial charge in [0.1, 0.15) is 11.6 Å². The predicted molar refractivity (Wildman–Crippen MR) is 89.9 cm³/mol. The van der Waals surface area contributed by atoms with Crippen molar-refractivity contribution < 1.29 is 22.4 Å². The van der Waals surface area contributed by atoms with Gasteiger partial charge in [0.15, 0.2) is 0 Å². The van der Waals surface area contributed by atoms with Crippen LogP contribution in [0, 0.1) is 11.6 Å². The number of halogens is 2. The molecular formula is C18H21F2O3P. The van der Waals surface area contributed by atoms with Gasteiger partial charge in [0.2, 0.25) is 0 Å². The van der Waals surface area contributed by atoms with Gasteiger partial charge in [-0.25, -0.2) is 8.78 Å². The largest absolute Gasteiger partial charge is 0.331 e. The molecule has 2 unspecified atom stereocenters. The lowest BCUT2D eigenvalue weighted by Crippen LogP contribution is -2.08. The fourth-order valence-corrected chi connectivity index (χ4v) is 3.92. The van der Waals surface area contributed by atoms with Crippen LogP contribution in [-0.4, -0.2) is 6.16 Å². The normalized spacial score (nSPS) is 16.4. The second-order valence-electron chi connectivity index (χ2n) is 5.47. The van der Waals surface area contributed by atoms with Crippen molar-refractivity contribution in [3.63, 3.8) is 0 Å². The highest BCUT2D eigenvalue weighted by Crippen LogP contribution is 2.55. The lowest BCUT2D eigenvalue weighted by Gasteiger charge is -2.25. The molecule has 0 aliphatic rings. The zero-order valence-electron chi connectivity index (χ0n) is 13.9. The van der Waals surface area contributed by atoms with Gasteiger partial charge in [-0.15, -0.1) is 0 Å². The average Bonchev–Trinajstić information content (AvgIpc) is 2.55. The molecule has 2 rings (SSSR count). The molecule has 2 atom stereocenters. The molecule has 0 amide bonds. The van der Waals surface area contributed by atoms with E-state index in [-0.39, 0.29) is 6.16 Å². The SMILES string of the molecule is CCP(=O)(OC(C)c1ccccc1F)OC(C)c1ccccc1F. The van der Waals surface area contributed by atoms with E-state index in [9.17, 15) is 13.3 Å². The van der Waals surface area contributed by atoms with E-state index in [4.69, 9.17) is 9.05 Å². The Hall–Kier alpha value is -1.55. The molecule has 0 saturated heterocycles. The first-order valence-electron chi connectivity index (χ1n) is 7.81. The van der Waals surface area contributed by atoms with Crippen LogP contribution in [0.25, 0.3) is 0 Å². The summed E-state index contributed by atoms with van der Waals surface area (Å²) in [5.41, 5.74) is 0.599. The maximum atomic E-state index is 13.8. The fourth-order valence-electron chi connectivity index (χ4n) is 2.38. The Morgan fingerprint density at radius 1 is 0.875 bits per heavy atom. The van der Waals surface area contributed by atoms with Crippen LogP contribution in [0.15, 0.2) is 48.5 Å². The summed E-state index contributed by atoms with van der Waals surface area (Å²) in [5, 5.41) is 0. The summed E-state index contributed by atoms with van der Waals surface area (Å²) < 4.78 is 51.7. The predicted octanol–water partition coefficient (Wildman–Crippen LogP) is 6.03. The molecule has 0 bridgehead atoms. The lowest BCUT2D eigenvalue weighted by molar-refractivity contribution is 0.125. The highest BCUT2D eigenvalue weighted by Gasteiger charge is 2.30. The summed E-state index contributed by atoms with van der Waals surface area (Å²) in [4.78, 5) is 0. The third-order valence-corrected chi connectivity index (χ3v) is 5.76. The highest BCUT2D eigenvalue weighted by atomic mass is 31.2. The molecule has 24 heavy (non-hydrogen) atoms. The molecule has 0 fully saturated rings. The first-order chi connectivity index (χ1) is 11.4. The van der Waals surface area contributed by atoms with Crippen molar-refractivity contribution in [3.05, 3.63) is 71.3 Å². The molecule has 2 aromatic rings. The molecule has 0 aromatic heterocycles. The minimum absolute atomic E-state index is 0.102. The van der Waals surface area contributed by atoms with Crippen LogP contribution in [0.4, 0.5) is 8.78 Å². The summed E-state index contributed by atoms with van der Waals surface area (Å²) in [6.45, 7) is 4.87. The van der Waals surface area contributed by atoms with E-state index in [1.165, 1.54) is 12.1 Å². The summed E-state index contributed by atoms with van der Waals surface area (Å²) in [5.74, 6) is -0.871. The van der Waals surface area contributed by atoms with E-state index in [0.29, 0.717) is 11.1 Å². The molecular weight excluding hydrogens is 333 g/mol. The lowest BCUT2D eigenvalue weighted by atomic mass is 10.1. The van der Waals surface area contributed by atoms with Crippen LogP contribution in [0.5, 0.6) is 0 Å². The minimum atomic E-state index is -3.52. The monoisotopic (exact) mass is 354 g/mol. The molecule has 0 radical (unpaired) electrons. The van der Waals surface area contributed by atoms with E-state index in [2.05, 4.69) is 0 Å². The molecule has 2 aromatic carbocycles. The number of rotatable bonds is 7. The van der Waals surface area contributed by atoms with Gasteiger partial charge in [-0.05, 0) is 26.0 Å². The van der Waals surface area contributed by atoms with Crippen molar-refractivity contribution in [3.8, 4) is 0 Å². The smallest absolute Gasteiger partial charge is 0.301 e. The zero-order chi connectivity index (χ0) is 17.7. The summed E-state index contributed by atoms with van der Waals surface area (Å²) in [6.07, 6.45) is -1.39. The molecule has 0 N–H and O–H groups in total. The molecule has 0 spiro atoms. The first-order valence-corrected chi connectivity index (χ1v) is 9.54. The van der Waals surface area contributed by atoms with Crippen molar-refractivity contribution >= 4 is 7.60 Å². The van der Waals surface area contributed by atoms with Crippen LogP contribution in [-0.2, 0) is 13.6 Å². The second kappa shape index (κ2) is 8.02. The Morgan fingerprint density at radius 3 is 1.58 bits per heavy atom. The fraction of sp³-hybridized carbons (Fsp3) is 0.333. The molecule has 0 heterocycles. The van der Waals surface area contributed by atoms with Crippen LogP contribution in [0.3, 0.4) is 0 Å². The van der Waals surface area contributed by atoms with Crippen LogP contribution in [0.1, 0.15) is 44.1 Å². The number of hydrogen-bond donors (Lipinski definition) is 0. The van der Waals surface area contributed by atoms with Gasteiger partial charge in [0.05, 0.1) is 12.2 Å². The Bertz CT molecular complexity index is 678. The number of benzene rings is 2. The molecule has 0 aliphatic carbocycles. The maximum Gasteiger partial charge on any atom is 0.331 e. The van der Waals surface area contributed by atoms with E-state index >= 15 is 0 Å². The van der Waals surface area contributed by atoms with Gasteiger partial charge in [-0.3, -0.25) is 4.57 Å². The third-order valence-electron chi connectivity index (χ3n) is 3.71. The molecule has 3 nitrogen and oxygen atoms in total. The minimum Gasteiger partial charge on any atom is -0.301 e. The van der Waals surface area contributed by atoms with Crippen molar-refractivity contribution in [2.45, 2.75) is 33.0 Å². The van der Waals surface area contributed by atoms with Gasteiger partial charge in [0.25, 0.3) is 0 Å². The standard InChI is InChI=1S/C18H21F2O3P/c1-4-24(21,22-13(2)15-9-5-7-11-17(15)19)23-14(3)16-10-6-8-12-18(16)20/h5-14H,4H2,1-3H3. The van der Waals surface area contributed by atoms with Gasteiger partial charge in [0, 0.05) is 17.3 Å². The van der Waals surface area contributed by atoms with Crippen LogP contribution in [0.2, 0.25) is 0 Å². The van der Waals surface area contributed by atoms with Crippen molar-refractivity contribution in [2.75, 3.05) is 6.16 Å². The van der Waals surface area contributed by atoms with Gasteiger partial charge >= 0.3 is 7.60 Å². The van der Waals surface area contributed by atoms with E-state index in [1.807, 2.05) is 0 Å². The van der Waals surface area contributed by atoms with E-state index in [0.717, 1.165) is 0 Å². The highest BCUT2D eigenvalue weighted by molar-refractivity contribution is 7.53. The topological polar surface area (TPSA) is 35.5 Å². The van der Waals surface area contributed by atoms with Crippen molar-refractivity contribution in [2.24, 2.45) is 0 Å². The third kappa shape index (κ3) is 4.50. The Morgan fingerprint density at radius 2 is 1.25 bits per heavy atom. The second-order valence-corrected chi connectivity index (χ2v) is 7.74. The Balaban J connectivity index is 2.15. The van der Waals surface area contributed by atoms with Crippen molar-refractivity contribution in [1.29, 1.82) is 0 Å². The van der Waals surface area contributed by atoms with E-state index < -0.39 is 31.4 Å². The summed E-state index contributed by atoms with van der Waals surface area (Å²) in [6, 6.07) is 12.3. The summed E-state index contributed by atoms with van der Waals surface area (Å²) in [7, 11) is -3.52. The zero-order valence-corrected chi connectivity index (χ0v) is 14.8. The molecule has 0 saturated carbocycles. The quantitative estimate of drug-likeness (QED) is 0.569. The molecule has 6 heteroatoms. The maximum absolute atomic E-state index is 13.8. The van der Waals surface area contributed by atoms with Crippen molar-refractivity contribution in [1.82, 2.24) is 0 Å². The average molecular weight is 354 g/mol. The molecule has 130 valence electrons. The Labute approximate surface area is 141 Å². The molecule has 0 aliphatic heterocycles. The van der Waals surface area contributed by atoms with Gasteiger partial charge in [-0.2, -0.15) is 0 Å². The van der Waals surface area contributed by atoms with E-state index in [1.54, 1.807) is 57.2 Å². The first kappa shape index (κ1) is 18.8. The van der Waals surface area contributed by atoms with Gasteiger partial charge < -0.3 is 9.05 Å². The summed E-state index contributed by atoms with van der Waals surface area (Å²) >= 11 is 0. The van der Waals surface area contributed by atoms with Crippen LogP contribution >= 0.6 is 7.60 Å².